The highest BCUT2D eigenvalue weighted by atomic mass is 32.2. The van der Waals surface area contributed by atoms with E-state index in [4.69, 9.17) is 0 Å². The van der Waals surface area contributed by atoms with Crippen LogP contribution in [-0.4, -0.2) is 43.1 Å². The van der Waals surface area contributed by atoms with E-state index in [-0.39, 0.29) is 21.7 Å². The molecule has 1 fully saturated rings. The minimum Gasteiger partial charge on any atom is -0.339 e. The lowest BCUT2D eigenvalue weighted by Gasteiger charge is -2.22. The molecule has 2 heterocycles. The summed E-state index contributed by atoms with van der Waals surface area (Å²) in [5.74, 6) is -0.121. The number of thiazole rings is 1. The normalized spacial score (nSPS) is 15.0. The number of carbonyl (C=O) groups is 1. The third-order valence-electron chi connectivity index (χ3n) is 5.99. The van der Waals surface area contributed by atoms with Crippen molar-refractivity contribution in [3.05, 3.63) is 51.6 Å². The standard InChI is InChI=1S/C24H29N3O4S3/c1-16(2)27-20-10-8-17(14-22(20)33-24(27)29)25-34(30,31)18-9-11-21(32-3)19(15-18)23(28)26-12-6-4-5-7-13-26/h8-11,14-16,25H,4-7,12-13H2,1-3H3. The maximum Gasteiger partial charge on any atom is 0.308 e. The van der Waals surface area contributed by atoms with Crippen molar-refractivity contribution in [3.8, 4) is 0 Å². The van der Waals surface area contributed by atoms with Crippen molar-refractivity contribution in [1.82, 2.24) is 9.47 Å². The number of benzene rings is 2. The summed E-state index contributed by atoms with van der Waals surface area (Å²) in [5.41, 5.74) is 1.57. The number of anilines is 1. The van der Waals surface area contributed by atoms with Crippen LogP contribution >= 0.6 is 23.1 Å². The summed E-state index contributed by atoms with van der Waals surface area (Å²) in [7, 11) is -3.93. The number of hydrogen-bond acceptors (Lipinski definition) is 6. The van der Waals surface area contributed by atoms with Crippen molar-refractivity contribution in [2.24, 2.45) is 0 Å². The van der Waals surface area contributed by atoms with Gasteiger partial charge in [0.15, 0.2) is 0 Å². The highest BCUT2D eigenvalue weighted by Gasteiger charge is 2.24. The van der Waals surface area contributed by atoms with Gasteiger partial charge in [-0.25, -0.2) is 8.42 Å². The maximum absolute atomic E-state index is 13.3. The van der Waals surface area contributed by atoms with Crippen LogP contribution in [0.4, 0.5) is 5.69 Å². The van der Waals surface area contributed by atoms with Crippen LogP contribution in [0.1, 0.15) is 55.9 Å². The molecule has 1 saturated heterocycles. The Labute approximate surface area is 208 Å². The van der Waals surface area contributed by atoms with Gasteiger partial charge in [0.25, 0.3) is 15.9 Å². The van der Waals surface area contributed by atoms with Crippen molar-refractivity contribution in [2.75, 3.05) is 24.1 Å². The van der Waals surface area contributed by atoms with Gasteiger partial charge in [0, 0.05) is 24.0 Å². The largest absolute Gasteiger partial charge is 0.339 e. The molecule has 7 nitrogen and oxygen atoms in total. The molecule has 0 aliphatic carbocycles. The van der Waals surface area contributed by atoms with Crippen LogP contribution in [0.2, 0.25) is 0 Å². The van der Waals surface area contributed by atoms with Gasteiger partial charge in [-0.15, -0.1) is 11.8 Å². The van der Waals surface area contributed by atoms with Crippen LogP contribution in [0.25, 0.3) is 10.2 Å². The number of amides is 1. The van der Waals surface area contributed by atoms with E-state index in [0.29, 0.717) is 29.0 Å². The Morgan fingerprint density at radius 1 is 1.06 bits per heavy atom. The lowest BCUT2D eigenvalue weighted by atomic mass is 10.2. The Kier molecular flexibility index (Phi) is 7.39. The van der Waals surface area contributed by atoms with Gasteiger partial charge >= 0.3 is 4.87 Å². The number of thioether (sulfide) groups is 1. The molecule has 3 aromatic rings. The summed E-state index contributed by atoms with van der Waals surface area (Å²) in [6.45, 7) is 5.27. The molecule has 1 N–H and O–H groups in total. The molecule has 1 aliphatic rings. The van der Waals surface area contributed by atoms with Crippen LogP contribution < -0.4 is 9.60 Å². The zero-order valence-corrected chi connectivity index (χ0v) is 22.0. The molecule has 0 atom stereocenters. The number of aromatic nitrogens is 1. The van der Waals surface area contributed by atoms with Crippen molar-refractivity contribution in [1.29, 1.82) is 0 Å². The van der Waals surface area contributed by atoms with Crippen molar-refractivity contribution < 1.29 is 13.2 Å². The Balaban J connectivity index is 1.65. The third-order valence-corrected chi connectivity index (χ3v) is 9.08. The first-order valence-electron chi connectivity index (χ1n) is 11.4. The number of sulfonamides is 1. The van der Waals surface area contributed by atoms with Gasteiger partial charge in [0.05, 0.1) is 26.4 Å². The molecule has 0 bridgehead atoms. The van der Waals surface area contributed by atoms with Gasteiger partial charge in [-0.3, -0.25) is 18.9 Å². The molecule has 10 heteroatoms. The Bertz CT molecular complexity index is 1370. The van der Waals surface area contributed by atoms with E-state index < -0.39 is 10.0 Å². The number of nitrogens with one attached hydrogen (secondary N) is 1. The smallest absolute Gasteiger partial charge is 0.308 e. The Hall–Kier alpha value is -2.30. The zero-order valence-electron chi connectivity index (χ0n) is 19.5. The minimum atomic E-state index is -3.93. The average molecular weight is 520 g/mol. The molecular weight excluding hydrogens is 490 g/mol. The Morgan fingerprint density at radius 3 is 2.41 bits per heavy atom. The summed E-state index contributed by atoms with van der Waals surface area (Å²) in [6, 6.07) is 9.81. The summed E-state index contributed by atoms with van der Waals surface area (Å²) >= 11 is 2.52. The van der Waals surface area contributed by atoms with Crippen LogP contribution in [0.15, 0.2) is 51.0 Å². The highest BCUT2D eigenvalue weighted by Crippen LogP contribution is 2.29. The first-order valence-corrected chi connectivity index (χ1v) is 14.9. The van der Waals surface area contributed by atoms with Crippen LogP contribution in [0.3, 0.4) is 0 Å². The van der Waals surface area contributed by atoms with Gasteiger partial charge in [-0.05, 0) is 69.3 Å². The SMILES string of the molecule is CSc1ccc(S(=O)(=O)Nc2ccc3c(c2)sc(=O)n3C(C)C)cc1C(=O)N1CCCCCC1. The second-order valence-electron chi connectivity index (χ2n) is 8.69. The first kappa shape index (κ1) is 24.8. The summed E-state index contributed by atoms with van der Waals surface area (Å²) in [6.07, 6.45) is 6.03. The molecule has 0 saturated carbocycles. The average Bonchev–Trinajstić information content (AvgIpc) is 2.95. The van der Waals surface area contributed by atoms with Gasteiger partial charge in [0.1, 0.15) is 0 Å². The lowest BCUT2D eigenvalue weighted by molar-refractivity contribution is 0.0758. The van der Waals surface area contributed by atoms with Gasteiger partial charge < -0.3 is 4.90 Å². The summed E-state index contributed by atoms with van der Waals surface area (Å²) < 4.78 is 31.5. The predicted octanol–water partition coefficient (Wildman–Crippen LogP) is 5.18. The molecule has 182 valence electrons. The van der Waals surface area contributed by atoms with Gasteiger partial charge in [0.2, 0.25) is 0 Å². The molecule has 4 rings (SSSR count). The molecule has 1 amide bonds. The molecule has 2 aromatic carbocycles. The van der Waals surface area contributed by atoms with Crippen LogP contribution in [0.5, 0.6) is 0 Å². The molecule has 0 unspecified atom stereocenters. The molecule has 1 aliphatic heterocycles. The zero-order chi connectivity index (χ0) is 24.5. The van der Waals surface area contributed by atoms with Gasteiger partial charge in [-0.2, -0.15) is 0 Å². The number of carbonyl (C=O) groups excluding carboxylic acids is 1. The number of nitrogens with zero attached hydrogens (tertiary/aromatic N) is 2. The fourth-order valence-corrected chi connectivity index (χ4v) is 6.97. The second kappa shape index (κ2) is 10.1. The molecule has 1 aromatic heterocycles. The van der Waals surface area contributed by atoms with E-state index in [1.165, 1.54) is 23.9 Å². The molecule has 34 heavy (non-hydrogen) atoms. The van der Waals surface area contributed by atoms with E-state index in [9.17, 15) is 18.0 Å². The van der Waals surface area contributed by atoms with E-state index >= 15 is 0 Å². The van der Waals surface area contributed by atoms with E-state index in [1.807, 2.05) is 25.0 Å². The van der Waals surface area contributed by atoms with Crippen molar-refractivity contribution >= 4 is 54.9 Å². The molecule has 0 radical (unpaired) electrons. The summed E-state index contributed by atoms with van der Waals surface area (Å²) in [4.78, 5) is 28.1. The van der Waals surface area contributed by atoms with E-state index in [1.54, 1.807) is 28.8 Å². The van der Waals surface area contributed by atoms with Crippen LogP contribution in [-0.2, 0) is 10.0 Å². The topological polar surface area (TPSA) is 88.5 Å². The minimum absolute atomic E-state index is 0.0129. The monoisotopic (exact) mass is 519 g/mol. The molecule has 0 spiro atoms. The Morgan fingerprint density at radius 2 is 1.76 bits per heavy atom. The highest BCUT2D eigenvalue weighted by molar-refractivity contribution is 7.98. The number of likely N-dealkylation sites (tertiary alicyclic amines) is 1. The first-order chi connectivity index (χ1) is 16.2. The third kappa shape index (κ3) is 5.04. The van der Waals surface area contributed by atoms with Gasteiger partial charge in [-0.1, -0.05) is 24.2 Å². The van der Waals surface area contributed by atoms with Crippen molar-refractivity contribution in [2.45, 2.75) is 55.4 Å². The number of hydrogen-bond donors (Lipinski definition) is 1. The molecular formula is C24H29N3O4S3. The number of rotatable bonds is 6. The number of fused-ring (bicyclic) bond motifs is 1. The quantitative estimate of drug-likeness (QED) is 0.453. The lowest BCUT2D eigenvalue weighted by Crippen LogP contribution is -2.32. The second-order valence-corrected chi connectivity index (χ2v) is 12.2. The summed E-state index contributed by atoms with van der Waals surface area (Å²) in [5, 5.41) is 0. The van der Waals surface area contributed by atoms with Crippen LogP contribution in [0, 0.1) is 0 Å². The maximum atomic E-state index is 13.3. The fraction of sp³-hybridized carbons (Fsp3) is 0.417. The van der Waals surface area contributed by atoms with Crippen molar-refractivity contribution in [3.63, 3.8) is 0 Å². The predicted molar refractivity (Wildman–Crippen MR) is 140 cm³/mol. The van der Waals surface area contributed by atoms with E-state index in [2.05, 4.69) is 4.72 Å². The van der Waals surface area contributed by atoms with E-state index in [0.717, 1.165) is 47.4 Å². The fourth-order valence-electron chi connectivity index (χ4n) is 4.27.